The van der Waals surface area contributed by atoms with Gasteiger partial charge in [0.15, 0.2) is 11.5 Å². The first kappa shape index (κ1) is 11.8. The molecule has 1 aliphatic heterocycles. The van der Waals surface area contributed by atoms with Crippen LogP contribution in [0.2, 0.25) is 0 Å². The smallest absolute Gasteiger partial charge is 0.163 e. The molecule has 1 aromatic heterocycles. The van der Waals surface area contributed by atoms with E-state index in [0.29, 0.717) is 13.2 Å². The van der Waals surface area contributed by atoms with Crippen molar-refractivity contribution in [3.63, 3.8) is 0 Å². The predicted molar refractivity (Wildman–Crippen MR) is 73.9 cm³/mol. The maximum atomic E-state index is 5.55. The highest BCUT2D eigenvalue weighted by Gasteiger charge is 2.11. The number of nitrogens with one attached hydrogen (secondary N) is 1. The van der Waals surface area contributed by atoms with Crippen LogP contribution in [-0.4, -0.2) is 24.7 Å². The lowest BCUT2D eigenvalue weighted by atomic mass is 10.2. The van der Waals surface area contributed by atoms with Crippen LogP contribution in [-0.2, 0) is 6.42 Å². The Morgan fingerprint density at radius 1 is 1.11 bits per heavy atom. The van der Waals surface area contributed by atoms with Crippen LogP contribution in [0, 0.1) is 0 Å². The molecule has 3 rings (SSSR count). The van der Waals surface area contributed by atoms with Crippen LogP contribution in [0.4, 0.5) is 5.69 Å². The van der Waals surface area contributed by atoms with Crippen LogP contribution >= 0.6 is 0 Å². The van der Waals surface area contributed by atoms with Gasteiger partial charge < -0.3 is 14.8 Å². The number of hydrogen-bond donors (Lipinski definition) is 1. The maximum absolute atomic E-state index is 5.55. The quantitative estimate of drug-likeness (QED) is 0.912. The zero-order valence-corrected chi connectivity index (χ0v) is 10.6. The molecule has 4 nitrogen and oxygen atoms in total. The van der Waals surface area contributed by atoms with Crippen molar-refractivity contribution < 1.29 is 9.47 Å². The molecule has 1 N–H and O–H groups in total. The minimum atomic E-state index is 0.617. The lowest BCUT2D eigenvalue weighted by Crippen LogP contribution is -2.15. The van der Waals surface area contributed by atoms with E-state index in [1.54, 1.807) is 6.20 Å². The molecule has 0 amide bonds. The number of ether oxygens (including phenoxy) is 2. The van der Waals surface area contributed by atoms with E-state index in [1.807, 2.05) is 30.5 Å². The summed E-state index contributed by atoms with van der Waals surface area (Å²) in [4.78, 5) is 4.10. The average molecular weight is 256 g/mol. The van der Waals surface area contributed by atoms with E-state index >= 15 is 0 Å². The van der Waals surface area contributed by atoms with Crippen molar-refractivity contribution >= 4 is 5.69 Å². The predicted octanol–water partition coefficient (Wildman–Crippen LogP) is 2.51. The highest BCUT2D eigenvalue weighted by atomic mass is 16.6. The zero-order valence-electron chi connectivity index (χ0n) is 10.6. The molecule has 0 radical (unpaired) electrons. The van der Waals surface area contributed by atoms with E-state index in [9.17, 15) is 0 Å². The van der Waals surface area contributed by atoms with Gasteiger partial charge in [-0.1, -0.05) is 6.07 Å². The minimum Gasteiger partial charge on any atom is -0.486 e. The highest BCUT2D eigenvalue weighted by Crippen LogP contribution is 2.32. The van der Waals surface area contributed by atoms with Crippen molar-refractivity contribution in [2.45, 2.75) is 6.42 Å². The van der Waals surface area contributed by atoms with Crippen molar-refractivity contribution in [3.05, 3.63) is 48.3 Å². The SMILES string of the molecule is c1cncc(CCNc2ccc3c(c2)OCCO3)c1. The number of hydrogen-bond acceptors (Lipinski definition) is 4. The summed E-state index contributed by atoms with van der Waals surface area (Å²) in [5.74, 6) is 1.64. The number of aromatic nitrogens is 1. The number of pyridine rings is 1. The fourth-order valence-electron chi connectivity index (χ4n) is 2.05. The molecule has 1 aromatic carbocycles. The van der Waals surface area contributed by atoms with Crippen molar-refractivity contribution in [2.75, 3.05) is 25.1 Å². The van der Waals surface area contributed by atoms with Gasteiger partial charge >= 0.3 is 0 Å². The number of nitrogens with zero attached hydrogens (tertiary/aromatic N) is 1. The molecule has 0 fully saturated rings. The van der Waals surface area contributed by atoms with Crippen LogP contribution < -0.4 is 14.8 Å². The second-order valence-corrected chi connectivity index (χ2v) is 4.40. The third-order valence-corrected chi connectivity index (χ3v) is 3.01. The van der Waals surface area contributed by atoms with E-state index in [-0.39, 0.29) is 0 Å². The Labute approximate surface area is 112 Å². The Morgan fingerprint density at radius 2 is 2.00 bits per heavy atom. The standard InChI is InChI=1S/C15H16N2O2/c1-2-12(11-16-6-1)5-7-17-13-3-4-14-15(10-13)19-9-8-18-14/h1-4,6,10-11,17H,5,7-9H2. The van der Waals surface area contributed by atoms with Crippen LogP contribution in [0.3, 0.4) is 0 Å². The Hall–Kier alpha value is -2.23. The first-order valence-corrected chi connectivity index (χ1v) is 6.44. The monoisotopic (exact) mass is 256 g/mol. The molecular weight excluding hydrogens is 240 g/mol. The molecule has 19 heavy (non-hydrogen) atoms. The number of anilines is 1. The molecule has 0 aliphatic carbocycles. The molecule has 0 saturated heterocycles. The highest BCUT2D eigenvalue weighted by molar-refractivity contribution is 5.55. The van der Waals surface area contributed by atoms with Crippen LogP contribution in [0.5, 0.6) is 11.5 Å². The molecular formula is C15H16N2O2. The summed E-state index contributed by atoms with van der Waals surface area (Å²) in [6.45, 7) is 2.11. The topological polar surface area (TPSA) is 43.4 Å². The third-order valence-electron chi connectivity index (χ3n) is 3.01. The summed E-state index contributed by atoms with van der Waals surface area (Å²) >= 11 is 0. The van der Waals surface area contributed by atoms with Crippen LogP contribution in [0.1, 0.15) is 5.56 Å². The molecule has 1 aliphatic rings. The van der Waals surface area contributed by atoms with Gasteiger partial charge in [-0.05, 0) is 30.2 Å². The van der Waals surface area contributed by atoms with Gasteiger partial charge in [0, 0.05) is 30.7 Å². The minimum absolute atomic E-state index is 0.617. The molecule has 0 atom stereocenters. The van der Waals surface area contributed by atoms with Gasteiger partial charge in [0.2, 0.25) is 0 Å². The lowest BCUT2D eigenvalue weighted by Gasteiger charge is -2.19. The largest absolute Gasteiger partial charge is 0.486 e. The van der Waals surface area contributed by atoms with E-state index in [2.05, 4.69) is 16.4 Å². The molecule has 4 heteroatoms. The molecule has 2 aromatic rings. The molecule has 0 bridgehead atoms. The molecule has 98 valence electrons. The van der Waals surface area contributed by atoms with E-state index in [4.69, 9.17) is 9.47 Å². The van der Waals surface area contributed by atoms with Gasteiger partial charge in [-0.15, -0.1) is 0 Å². The summed E-state index contributed by atoms with van der Waals surface area (Å²) in [5.41, 5.74) is 2.28. The Balaban J connectivity index is 1.58. The van der Waals surface area contributed by atoms with E-state index in [0.717, 1.165) is 30.2 Å². The average Bonchev–Trinajstić information content (AvgIpc) is 2.48. The van der Waals surface area contributed by atoms with Crippen molar-refractivity contribution in [2.24, 2.45) is 0 Å². The van der Waals surface area contributed by atoms with E-state index < -0.39 is 0 Å². The lowest BCUT2D eigenvalue weighted by molar-refractivity contribution is 0.171. The van der Waals surface area contributed by atoms with E-state index in [1.165, 1.54) is 5.56 Å². The normalized spacial score (nSPS) is 13.1. The summed E-state index contributed by atoms with van der Waals surface area (Å²) in [5, 5.41) is 3.38. The molecule has 0 unspecified atom stereocenters. The number of rotatable bonds is 4. The molecule has 0 spiro atoms. The maximum Gasteiger partial charge on any atom is 0.163 e. The summed E-state index contributed by atoms with van der Waals surface area (Å²) in [6.07, 6.45) is 4.63. The van der Waals surface area contributed by atoms with Crippen molar-refractivity contribution in [3.8, 4) is 11.5 Å². The van der Waals surface area contributed by atoms with Crippen LogP contribution in [0.25, 0.3) is 0 Å². The molecule has 2 heterocycles. The summed E-state index contributed by atoms with van der Waals surface area (Å²) in [6, 6.07) is 9.98. The second-order valence-electron chi connectivity index (χ2n) is 4.40. The Morgan fingerprint density at radius 3 is 2.84 bits per heavy atom. The zero-order chi connectivity index (χ0) is 12.9. The Bertz CT molecular complexity index is 543. The fraction of sp³-hybridized carbons (Fsp3) is 0.267. The summed E-state index contributed by atoms with van der Waals surface area (Å²) < 4.78 is 11.0. The first-order chi connectivity index (χ1) is 9.42. The van der Waals surface area contributed by atoms with Crippen molar-refractivity contribution in [1.29, 1.82) is 0 Å². The van der Waals surface area contributed by atoms with Gasteiger partial charge in [-0.25, -0.2) is 0 Å². The third kappa shape index (κ3) is 2.96. The van der Waals surface area contributed by atoms with Gasteiger partial charge in [0.05, 0.1) is 0 Å². The second kappa shape index (κ2) is 5.61. The Kier molecular flexibility index (Phi) is 3.49. The summed E-state index contributed by atoms with van der Waals surface area (Å²) in [7, 11) is 0. The van der Waals surface area contributed by atoms with Crippen molar-refractivity contribution in [1.82, 2.24) is 4.98 Å². The fourth-order valence-corrected chi connectivity index (χ4v) is 2.05. The molecule has 0 saturated carbocycles. The van der Waals surface area contributed by atoms with Gasteiger partial charge in [-0.3, -0.25) is 4.98 Å². The number of fused-ring (bicyclic) bond motifs is 1. The first-order valence-electron chi connectivity index (χ1n) is 6.44. The van der Waals surface area contributed by atoms with Gasteiger partial charge in [-0.2, -0.15) is 0 Å². The van der Waals surface area contributed by atoms with Gasteiger partial charge in [0.1, 0.15) is 13.2 Å². The number of benzene rings is 1. The van der Waals surface area contributed by atoms with Crippen LogP contribution in [0.15, 0.2) is 42.7 Å². The van der Waals surface area contributed by atoms with Gasteiger partial charge in [0.25, 0.3) is 0 Å².